The molecule has 23 heavy (non-hydrogen) atoms. The molecule has 0 aliphatic heterocycles. The monoisotopic (exact) mass is 324 g/mol. The molecule has 1 aromatic heterocycles. The van der Waals surface area contributed by atoms with Gasteiger partial charge in [-0.1, -0.05) is 31.2 Å². The van der Waals surface area contributed by atoms with E-state index >= 15 is 0 Å². The van der Waals surface area contributed by atoms with Crippen LogP contribution in [0.2, 0.25) is 0 Å². The van der Waals surface area contributed by atoms with Crippen LogP contribution in [0.3, 0.4) is 0 Å². The normalized spacial score (nSPS) is 11.7. The van der Waals surface area contributed by atoms with Gasteiger partial charge in [-0.25, -0.2) is 9.97 Å². The second-order valence-corrected chi connectivity index (χ2v) is 5.27. The van der Waals surface area contributed by atoms with Gasteiger partial charge in [-0.05, 0) is 30.8 Å². The number of aromatic nitrogens is 2. The number of rotatable bonds is 6. The zero-order valence-electron chi connectivity index (χ0n) is 13.1. The summed E-state index contributed by atoms with van der Waals surface area (Å²) in [6.07, 6.45) is -3.37. The highest BCUT2D eigenvalue weighted by Gasteiger charge is 2.32. The lowest BCUT2D eigenvalue weighted by atomic mass is 10.1. The molecule has 0 saturated heterocycles. The van der Waals surface area contributed by atoms with Crippen LogP contribution in [0.4, 0.5) is 19.1 Å². The molecule has 7 heteroatoms. The third-order valence-corrected chi connectivity index (χ3v) is 3.38. The summed E-state index contributed by atoms with van der Waals surface area (Å²) in [6, 6.07) is 8.74. The van der Waals surface area contributed by atoms with Gasteiger partial charge in [0.2, 0.25) is 5.95 Å². The third-order valence-electron chi connectivity index (χ3n) is 3.38. The van der Waals surface area contributed by atoms with Gasteiger partial charge in [-0.15, -0.1) is 0 Å². The number of hydrogen-bond acceptors (Lipinski definition) is 4. The molecule has 1 N–H and O–H groups in total. The molecular formula is C16H19F3N4. The highest BCUT2D eigenvalue weighted by Crippen LogP contribution is 2.27. The summed E-state index contributed by atoms with van der Waals surface area (Å²) in [5.74, 6) is -0.0316. The molecule has 4 nitrogen and oxygen atoms in total. The van der Waals surface area contributed by atoms with E-state index in [0.29, 0.717) is 6.54 Å². The minimum absolute atomic E-state index is 0.0316. The largest absolute Gasteiger partial charge is 0.433 e. The van der Waals surface area contributed by atoms with Crippen molar-refractivity contribution in [1.82, 2.24) is 14.9 Å². The van der Waals surface area contributed by atoms with Crippen LogP contribution in [-0.4, -0.2) is 28.5 Å². The van der Waals surface area contributed by atoms with Gasteiger partial charge < -0.3 is 10.2 Å². The zero-order chi connectivity index (χ0) is 16.9. The minimum atomic E-state index is -4.47. The van der Waals surface area contributed by atoms with Crippen molar-refractivity contribution in [3.63, 3.8) is 0 Å². The first-order chi connectivity index (χ1) is 10.9. The van der Waals surface area contributed by atoms with Crippen LogP contribution in [0.5, 0.6) is 0 Å². The first kappa shape index (κ1) is 17.2. The number of nitrogens with zero attached hydrogens (tertiary/aromatic N) is 3. The molecule has 0 bridgehead atoms. The van der Waals surface area contributed by atoms with Gasteiger partial charge in [0.15, 0.2) is 0 Å². The fraction of sp³-hybridized carbons (Fsp3) is 0.375. The second kappa shape index (κ2) is 7.41. The van der Waals surface area contributed by atoms with Crippen molar-refractivity contribution in [3.05, 3.63) is 53.3 Å². The molecule has 0 fully saturated rings. The smallest absolute Gasteiger partial charge is 0.350 e. The number of halogens is 3. The molecule has 124 valence electrons. The molecule has 0 spiro atoms. The average molecular weight is 324 g/mol. The molecule has 0 amide bonds. The van der Waals surface area contributed by atoms with E-state index < -0.39 is 11.9 Å². The summed E-state index contributed by atoms with van der Waals surface area (Å²) in [5.41, 5.74) is 1.17. The quantitative estimate of drug-likeness (QED) is 0.882. The predicted octanol–water partition coefficient (Wildman–Crippen LogP) is 3.56. The van der Waals surface area contributed by atoms with Crippen LogP contribution in [0, 0.1) is 0 Å². The van der Waals surface area contributed by atoms with Gasteiger partial charge in [0.1, 0.15) is 5.69 Å². The van der Waals surface area contributed by atoms with E-state index in [4.69, 9.17) is 0 Å². The maximum atomic E-state index is 12.6. The molecule has 0 aliphatic carbocycles. The lowest BCUT2D eigenvalue weighted by Gasteiger charge is -2.14. The maximum absolute atomic E-state index is 12.6. The van der Waals surface area contributed by atoms with Gasteiger partial charge >= 0.3 is 6.18 Å². The molecular weight excluding hydrogens is 305 g/mol. The minimum Gasteiger partial charge on any atom is -0.350 e. The summed E-state index contributed by atoms with van der Waals surface area (Å²) in [4.78, 5) is 9.48. The van der Waals surface area contributed by atoms with Crippen molar-refractivity contribution in [1.29, 1.82) is 0 Å². The van der Waals surface area contributed by atoms with Gasteiger partial charge in [0, 0.05) is 19.3 Å². The molecule has 2 rings (SSSR count). The molecule has 0 atom stereocenters. The first-order valence-electron chi connectivity index (χ1n) is 7.29. The maximum Gasteiger partial charge on any atom is 0.433 e. The summed E-state index contributed by atoms with van der Waals surface area (Å²) in [6.45, 7) is 4.21. The summed E-state index contributed by atoms with van der Waals surface area (Å²) in [7, 11) is 2.03. The number of nitrogens with one attached hydrogen (secondary N) is 1. The van der Waals surface area contributed by atoms with Crippen LogP contribution < -0.4 is 5.32 Å². The van der Waals surface area contributed by atoms with Crippen molar-refractivity contribution in [2.45, 2.75) is 26.2 Å². The average Bonchev–Trinajstić information content (AvgIpc) is 2.52. The lowest BCUT2D eigenvalue weighted by Crippen LogP contribution is -2.16. The first-order valence-corrected chi connectivity index (χ1v) is 7.29. The topological polar surface area (TPSA) is 41.0 Å². The Balaban J connectivity index is 2.02. The summed E-state index contributed by atoms with van der Waals surface area (Å²) >= 11 is 0. The van der Waals surface area contributed by atoms with Gasteiger partial charge in [-0.2, -0.15) is 13.2 Å². The molecule has 0 saturated carbocycles. The van der Waals surface area contributed by atoms with E-state index in [9.17, 15) is 13.2 Å². The van der Waals surface area contributed by atoms with Crippen LogP contribution in [0.25, 0.3) is 0 Å². The SMILES string of the molecule is CCN(C)Cc1cccc(CNc2nccc(C(F)(F)F)n2)c1. The summed E-state index contributed by atoms with van der Waals surface area (Å²) < 4.78 is 37.8. The predicted molar refractivity (Wildman–Crippen MR) is 82.8 cm³/mol. The van der Waals surface area contributed by atoms with E-state index in [1.165, 1.54) is 0 Å². The van der Waals surface area contributed by atoms with E-state index in [-0.39, 0.29) is 5.95 Å². The van der Waals surface area contributed by atoms with Crippen molar-refractivity contribution < 1.29 is 13.2 Å². The van der Waals surface area contributed by atoms with Gasteiger partial charge in [0.25, 0.3) is 0 Å². The Morgan fingerprint density at radius 3 is 2.61 bits per heavy atom. The molecule has 2 aromatic rings. The molecule has 0 aliphatic rings. The van der Waals surface area contributed by atoms with Crippen molar-refractivity contribution >= 4 is 5.95 Å². The molecule has 0 unspecified atom stereocenters. The second-order valence-electron chi connectivity index (χ2n) is 5.27. The van der Waals surface area contributed by atoms with Crippen LogP contribution in [-0.2, 0) is 19.3 Å². The van der Waals surface area contributed by atoms with Crippen molar-refractivity contribution in [2.75, 3.05) is 18.9 Å². The third kappa shape index (κ3) is 5.21. The Morgan fingerprint density at radius 2 is 1.91 bits per heavy atom. The standard InChI is InChI=1S/C16H19F3N4/c1-3-23(2)11-13-6-4-5-12(9-13)10-21-15-20-8-7-14(22-15)16(17,18)19/h4-9H,3,10-11H2,1-2H3,(H,20,21,22). The van der Waals surface area contributed by atoms with Gasteiger partial charge in [0.05, 0.1) is 0 Å². The Morgan fingerprint density at radius 1 is 1.17 bits per heavy atom. The fourth-order valence-electron chi connectivity index (χ4n) is 2.04. The van der Waals surface area contributed by atoms with Gasteiger partial charge in [-0.3, -0.25) is 0 Å². The zero-order valence-corrected chi connectivity index (χ0v) is 13.1. The Bertz CT molecular complexity index is 643. The summed E-state index contributed by atoms with van der Waals surface area (Å²) in [5, 5.41) is 2.83. The molecule has 0 radical (unpaired) electrons. The molecule has 1 heterocycles. The van der Waals surface area contributed by atoms with Crippen molar-refractivity contribution in [2.24, 2.45) is 0 Å². The van der Waals surface area contributed by atoms with E-state index in [0.717, 1.165) is 36.5 Å². The Hall–Kier alpha value is -2.15. The number of anilines is 1. The Kier molecular flexibility index (Phi) is 5.54. The van der Waals surface area contributed by atoms with Crippen LogP contribution in [0.15, 0.2) is 36.5 Å². The van der Waals surface area contributed by atoms with Crippen molar-refractivity contribution in [3.8, 4) is 0 Å². The van der Waals surface area contributed by atoms with E-state index in [1.54, 1.807) is 0 Å². The van der Waals surface area contributed by atoms with Crippen LogP contribution in [0.1, 0.15) is 23.7 Å². The van der Waals surface area contributed by atoms with E-state index in [2.05, 4.69) is 27.1 Å². The van der Waals surface area contributed by atoms with E-state index in [1.807, 2.05) is 31.3 Å². The number of alkyl halides is 3. The highest BCUT2D eigenvalue weighted by atomic mass is 19.4. The number of hydrogen-bond donors (Lipinski definition) is 1. The Labute approximate surface area is 133 Å². The lowest BCUT2D eigenvalue weighted by molar-refractivity contribution is -0.141. The highest BCUT2D eigenvalue weighted by molar-refractivity contribution is 5.30. The number of benzene rings is 1. The van der Waals surface area contributed by atoms with Crippen LogP contribution >= 0.6 is 0 Å². The fourth-order valence-corrected chi connectivity index (χ4v) is 2.04. The molecule has 1 aromatic carbocycles.